The van der Waals surface area contributed by atoms with Crippen LogP contribution in [0.3, 0.4) is 0 Å². The van der Waals surface area contributed by atoms with E-state index >= 15 is 0 Å². The maximum Gasteiger partial charge on any atom is 0.262 e. The van der Waals surface area contributed by atoms with Crippen LogP contribution in [-0.4, -0.2) is 24.1 Å². The minimum absolute atomic E-state index is 0.0571. The van der Waals surface area contributed by atoms with Crippen LogP contribution >= 0.6 is 0 Å². The minimum Gasteiger partial charge on any atom is -0.492 e. The third kappa shape index (κ3) is 4.07. The summed E-state index contributed by atoms with van der Waals surface area (Å²) in [6.07, 6.45) is 1.71. The van der Waals surface area contributed by atoms with Crippen molar-refractivity contribution < 1.29 is 14.3 Å². The number of carbonyl (C=O) groups excluding carboxylic acids is 1. The average Bonchev–Trinajstić information content (AvgIpc) is 2.62. The number of ether oxygens (including phenoxy) is 2. The van der Waals surface area contributed by atoms with Gasteiger partial charge in [0.25, 0.3) is 5.91 Å². The average molecular weight is 336 g/mol. The van der Waals surface area contributed by atoms with Crippen molar-refractivity contribution in [3.63, 3.8) is 0 Å². The fourth-order valence-electron chi connectivity index (χ4n) is 2.57. The van der Waals surface area contributed by atoms with Crippen LogP contribution in [0.5, 0.6) is 11.5 Å². The molecule has 0 aliphatic heterocycles. The van der Waals surface area contributed by atoms with Gasteiger partial charge in [0.1, 0.15) is 17.0 Å². The van der Waals surface area contributed by atoms with Crippen LogP contribution in [0.2, 0.25) is 0 Å². The number of amides is 1. The molecule has 0 aliphatic carbocycles. The summed E-state index contributed by atoms with van der Waals surface area (Å²) in [5.41, 5.74) is 2.49. The Morgan fingerprint density at radius 3 is 2.80 bits per heavy atom. The Hall–Kier alpha value is -3.08. The van der Waals surface area contributed by atoms with Gasteiger partial charge < -0.3 is 14.8 Å². The number of carbonyl (C=O) groups is 1. The van der Waals surface area contributed by atoms with Crippen LogP contribution in [0.25, 0.3) is 10.9 Å². The summed E-state index contributed by atoms with van der Waals surface area (Å²) in [5, 5.41) is 3.71. The van der Waals surface area contributed by atoms with Crippen molar-refractivity contribution in [2.24, 2.45) is 0 Å². The van der Waals surface area contributed by atoms with Crippen molar-refractivity contribution in [2.75, 3.05) is 18.5 Å². The Kier molecular flexibility index (Phi) is 5.14. The highest BCUT2D eigenvalue weighted by atomic mass is 16.5. The summed E-state index contributed by atoms with van der Waals surface area (Å²) in [5.74, 6) is 1.15. The molecule has 1 amide bonds. The molecule has 0 radical (unpaired) electrons. The number of aromatic nitrogens is 1. The maximum absolute atomic E-state index is 12.2. The summed E-state index contributed by atoms with van der Waals surface area (Å²) in [6.45, 7) is 4.40. The molecule has 0 spiro atoms. The summed E-state index contributed by atoms with van der Waals surface area (Å²) in [7, 11) is 0. The molecule has 1 heterocycles. The van der Waals surface area contributed by atoms with Crippen LogP contribution in [0.4, 0.5) is 5.69 Å². The molecule has 3 rings (SSSR count). The Bertz CT molecular complexity index is 893. The van der Waals surface area contributed by atoms with Gasteiger partial charge in [0, 0.05) is 11.6 Å². The first-order chi connectivity index (χ1) is 12.2. The lowest BCUT2D eigenvalue weighted by Gasteiger charge is -2.12. The van der Waals surface area contributed by atoms with Crippen LogP contribution in [0, 0.1) is 6.92 Å². The van der Waals surface area contributed by atoms with E-state index in [1.165, 1.54) is 0 Å². The van der Waals surface area contributed by atoms with Crippen LogP contribution in [-0.2, 0) is 4.79 Å². The standard InChI is InChI=1S/C20H20N2O3/c1-3-24-18-10-9-17(16-8-5-11-21-20(16)18)22-19(23)13-25-15-7-4-6-14(2)12-15/h4-12H,3,13H2,1-2H3,(H,22,23). The number of hydrogen-bond donors (Lipinski definition) is 1. The molecular weight excluding hydrogens is 316 g/mol. The fraction of sp³-hybridized carbons (Fsp3) is 0.200. The zero-order valence-electron chi connectivity index (χ0n) is 14.3. The molecule has 0 fully saturated rings. The van der Waals surface area contributed by atoms with Crippen molar-refractivity contribution in [3.05, 3.63) is 60.3 Å². The van der Waals surface area contributed by atoms with Gasteiger partial charge in [-0.2, -0.15) is 0 Å². The lowest BCUT2D eigenvalue weighted by Crippen LogP contribution is -2.20. The van der Waals surface area contributed by atoms with E-state index in [9.17, 15) is 4.79 Å². The van der Waals surface area contributed by atoms with E-state index < -0.39 is 0 Å². The third-order valence-electron chi connectivity index (χ3n) is 3.67. The van der Waals surface area contributed by atoms with Crippen LogP contribution < -0.4 is 14.8 Å². The van der Waals surface area contributed by atoms with Gasteiger partial charge in [0.15, 0.2) is 6.61 Å². The van der Waals surface area contributed by atoms with E-state index in [-0.39, 0.29) is 12.5 Å². The second kappa shape index (κ2) is 7.66. The Morgan fingerprint density at radius 1 is 1.12 bits per heavy atom. The molecule has 25 heavy (non-hydrogen) atoms. The first-order valence-electron chi connectivity index (χ1n) is 8.17. The number of nitrogens with zero attached hydrogens (tertiary/aromatic N) is 1. The van der Waals surface area contributed by atoms with Crippen molar-refractivity contribution in [1.29, 1.82) is 0 Å². The highest BCUT2D eigenvalue weighted by molar-refractivity contribution is 6.03. The Balaban J connectivity index is 1.74. The first-order valence-corrected chi connectivity index (χ1v) is 8.17. The van der Waals surface area contributed by atoms with Gasteiger partial charge in [-0.3, -0.25) is 9.78 Å². The quantitative estimate of drug-likeness (QED) is 0.740. The molecule has 1 N–H and O–H groups in total. The number of aryl methyl sites for hydroxylation is 1. The van der Waals surface area contributed by atoms with E-state index in [4.69, 9.17) is 9.47 Å². The molecule has 0 saturated carbocycles. The zero-order valence-corrected chi connectivity index (χ0v) is 14.3. The first kappa shape index (κ1) is 16.8. The van der Waals surface area contributed by atoms with E-state index in [0.29, 0.717) is 23.8 Å². The number of nitrogens with one attached hydrogen (secondary N) is 1. The zero-order chi connectivity index (χ0) is 17.6. The van der Waals surface area contributed by atoms with E-state index in [1.54, 1.807) is 6.20 Å². The molecule has 0 unspecified atom stereocenters. The Morgan fingerprint density at radius 2 is 2.00 bits per heavy atom. The summed E-state index contributed by atoms with van der Waals surface area (Å²) in [4.78, 5) is 16.6. The highest BCUT2D eigenvalue weighted by Gasteiger charge is 2.11. The minimum atomic E-state index is -0.226. The van der Waals surface area contributed by atoms with Crippen molar-refractivity contribution in [2.45, 2.75) is 13.8 Å². The van der Waals surface area contributed by atoms with Gasteiger partial charge in [-0.25, -0.2) is 0 Å². The molecule has 0 saturated heterocycles. The molecule has 0 bridgehead atoms. The molecule has 128 valence electrons. The lowest BCUT2D eigenvalue weighted by atomic mass is 10.1. The van der Waals surface area contributed by atoms with E-state index in [1.807, 2.05) is 62.4 Å². The molecule has 5 heteroatoms. The predicted molar refractivity (Wildman–Crippen MR) is 98.2 cm³/mol. The normalized spacial score (nSPS) is 10.5. The number of hydrogen-bond acceptors (Lipinski definition) is 4. The van der Waals surface area contributed by atoms with Gasteiger partial charge in [-0.15, -0.1) is 0 Å². The molecule has 3 aromatic rings. The number of anilines is 1. The van der Waals surface area contributed by atoms with Gasteiger partial charge in [0.2, 0.25) is 0 Å². The second-order valence-corrected chi connectivity index (χ2v) is 5.60. The summed E-state index contributed by atoms with van der Waals surface area (Å²) >= 11 is 0. The van der Waals surface area contributed by atoms with Gasteiger partial charge in [-0.1, -0.05) is 12.1 Å². The SMILES string of the molecule is CCOc1ccc(NC(=O)COc2cccc(C)c2)c2cccnc12. The van der Waals surface area contributed by atoms with Gasteiger partial charge in [0.05, 0.1) is 12.3 Å². The summed E-state index contributed by atoms with van der Waals surface area (Å²) in [6, 6.07) is 15.0. The highest BCUT2D eigenvalue weighted by Crippen LogP contribution is 2.30. The largest absolute Gasteiger partial charge is 0.492 e. The number of pyridine rings is 1. The van der Waals surface area contributed by atoms with E-state index in [0.717, 1.165) is 16.5 Å². The molecular formula is C20H20N2O3. The number of fused-ring (bicyclic) bond motifs is 1. The molecule has 0 atom stereocenters. The third-order valence-corrected chi connectivity index (χ3v) is 3.67. The summed E-state index contributed by atoms with van der Waals surface area (Å²) < 4.78 is 11.1. The molecule has 0 aliphatic rings. The van der Waals surface area contributed by atoms with Crippen LogP contribution in [0.1, 0.15) is 12.5 Å². The molecule has 1 aromatic heterocycles. The molecule has 2 aromatic carbocycles. The van der Waals surface area contributed by atoms with Gasteiger partial charge in [-0.05, 0) is 55.8 Å². The molecule has 5 nitrogen and oxygen atoms in total. The van der Waals surface area contributed by atoms with Crippen LogP contribution in [0.15, 0.2) is 54.7 Å². The Labute approximate surface area is 146 Å². The van der Waals surface area contributed by atoms with E-state index in [2.05, 4.69) is 10.3 Å². The smallest absolute Gasteiger partial charge is 0.262 e. The monoisotopic (exact) mass is 336 g/mol. The maximum atomic E-state index is 12.2. The second-order valence-electron chi connectivity index (χ2n) is 5.60. The van der Waals surface area contributed by atoms with Crippen molar-refractivity contribution in [1.82, 2.24) is 4.98 Å². The topological polar surface area (TPSA) is 60.5 Å². The van der Waals surface area contributed by atoms with Gasteiger partial charge >= 0.3 is 0 Å². The number of benzene rings is 2. The fourth-order valence-corrected chi connectivity index (χ4v) is 2.57. The number of rotatable bonds is 6. The lowest BCUT2D eigenvalue weighted by molar-refractivity contribution is -0.118. The van der Waals surface area contributed by atoms with Crippen molar-refractivity contribution in [3.8, 4) is 11.5 Å². The predicted octanol–water partition coefficient (Wildman–Crippen LogP) is 3.96. The van der Waals surface area contributed by atoms with Crippen molar-refractivity contribution >= 4 is 22.5 Å².